The molecule has 2 fully saturated rings. The summed E-state index contributed by atoms with van der Waals surface area (Å²) in [5, 5.41) is 0. The smallest absolute Gasteiger partial charge is 0.259 e. The van der Waals surface area contributed by atoms with E-state index in [1.807, 2.05) is 11.8 Å². The number of amides is 1. The van der Waals surface area contributed by atoms with Gasteiger partial charge in [0.15, 0.2) is 0 Å². The van der Waals surface area contributed by atoms with Crippen molar-refractivity contribution >= 4 is 5.91 Å². The van der Waals surface area contributed by atoms with Gasteiger partial charge in [-0.3, -0.25) is 4.79 Å². The molecule has 0 aromatic carbocycles. The van der Waals surface area contributed by atoms with Crippen LogP contribution in [-0.2, 0) is 9.47 Å². The van der Waals surface area contributed by atoms with Crippen molar-refractivity contribution in [3.8, 4) is 5.88 Å². The monoisotopic (exact) mass is 334 g/mol. The lowest BCUT2D eigenvalue weighted by Crippen LogP contribution is -2.58. The van der Waals surface area contributed by atoms with Crippen LogP contribution in [0.5, 0.6) is 5.88 Å². The summed E-state index contributed by atoms with van der Waals surface area (Å²) in [6.45, 7) is 5.48. The second-order valence-electron chi connectivity index (χ2n) is 6.54. The van der Waals surface area contributed by atoms with E-state index in [-0.39, 0.29) is 17.4 Å². The Morgan fingerprint density at radius 3 is 3.21 bits per heavy atom. The van der Waals surface area contributed by atoms with Gasteiger partial charge in [0, 0.05) is 37.9 Å². The maximum Gasteiger partial charge on any atom is 0.259 e. The zero-order valence-corrected chi connectivity index (χ0v) is 14.5. The molecule has 0 radical (unpaired) electrons. The van der Waals surface area contributed by atoms with Gasteiger partial charge in [-0.15, -0.1) is 0 Å². The molecule has 2 aliphatic rings. The number of likely N-dealkylation sites (tertiary alicyclic amines) is 1. The number of nitrogens with zero attached hydrogens (tertiary/aromatic N) is 2. The molecular formula is C18H26N2O4. The summed E-state index contributed by atoms with van der Waals surface area (Å²) in [6.07, 6.45) is 4.71. The molecule has 1 aromatic heterocycles. The minimum absolute atomic E-state index is 0.0279. The highest BCUT2D eigenvalue weighted by Crippen LogP contribution is 2.41. The lowest BCUT2D eigenvalue weighted by Gasteiger charge is -2.50. The quantitative estimate of drug-likeness (QED) is 0.825. The van der Waals surface area contributed by atoms with Gasteiger partial charge in [-0.1, -0.05) is 0 Å². The SMILES string of the molecule is CCOC[C@@]12CCCO[C@@H]1CCN(C(=O)c1cccnc1OC)C2. The number of methoxy groups -OCH3 is 1. The Morgan fingerprint density at radius 2 is 2.42 bits per heavy atom. The van der Waals surface area contributed by atoms with Crippen LogP contribution in [0.2, 0.25) is 0 Å². The topological polar surface area (TPSA) is 60.9 Å². The Kier molecular flexibility index (Phi) is 5.36. The standard InChI is InChI=1S/C18H26N2O4/c1-3-23-13-18-8-5-11-24-15(18)7-10-20(12-18)17(21)14-6-4-9-19-16(14)22-2/h4,6,9,15H,3,5,7-8,10-13H2,1-2H3/t15-,18+/m1/s1. The van der Waals surface area contributed by atoms with Crippen LogP contribution >= 0.6 is 0 Å². The van der Waals surface area contributed by atoms with E-state index in [9.17, 15) is 4.79 Å². The van der Waals surface area contributed by atoms with Crippen LogP contribution in [0.3, 0.4) is 0 Å². The predicted octanol–water partition coefficient (Wildman–Crippen LogP) is 2.14. The van der Waals surface area contributed by atoms with Crippen molar-refractivity contribution in [2.45, 2.75) is 32.3 Å². The molecule has 24 heavy (non-hydrogen) atoms. The Morgan fingerprint density at radius 1 is 1.54 bits per heavy atom. The van der Waals surface area contributed by atoms with Crippen LogP contribution in [0.4, 0.5) is 0 Å². The second-order valence-corrected chi connectivity index (χ2v) is 6.54. The Hall–Kier alpha value is -1.66. The number of ether oxygens (including phenoxy) is 3. The van der Waals surface area contributed by atoms with Gasteiger partial charge in [-0.05, 0) is 38.3 Å². The third-order valence-electron chi connectivity index (χ3n) is 5.06. The molecule has 0 aliphatic carbocycles. The average Bonchev–Trinajstić information content (AvgIpc) is 2.65. The lowest BCUT2D eigenvalue weighted by molar-refractivity contribution is -0.146. The van der Waals surface area contributed by atoms with E-state index in [1.165, 1.54) is 7.11 Å². The predicted molar refractivity (Wildman–Crippen MR) is 89.2 cm³/mol. The summed E-state index contributed by atoms with van der Waals surface area (Å²) in [5.74, 6) is 0.350. The highest BCUT2D eigenvalue weighted by Gasteiger charge is 2.47. The molecule has 0 unspecified atom stereocenters. The summed E-state index contributed by atoms with van der Waals surface area (Å²) in [7, 11) is 1.54. The van der Waals surface area contributed by atoms with Gasteiger partial charge in [-0.25, -0.2) is 4.98 Å². The number of carbonyl (C=O) groups excluding carboxylic acids is 1. The average molecular weight is 334 g/mol. The van der Waals surface area contributed by atoms with E-state index in [1.54, 1.807) is 18.3 Å². The molecule has 6 heteroatoms. The van der Waals surface area contributed by atoms with Crippen LogP contribution < -0.4 is 4.74 Å². The summed E-state index contributed by atoms with van der Waals surface area (Å²) in [6, 6.07) is 3.54. The van der Waals surface area contributed by atoms with Crippen LogP contribution in [0, 0.1) is 5.41 Å². The van der Waals surface area contributed by atoms with Crippen molar-refractivity contribution in [2.24, 2.45) is 5.41 Å². The Balaban J connectivity index is 1.80. The highest BCUT2D eigenvalue weighted by atomic mass is 16.5. The molecule has 2 saturated heterocycles. The van der Waals surface area contributed by atoms with E-state index in [4.69, 9.17) is 14.2 Å². The first-order chi connectivity index (χ1) is 11.7. The fourth-order valence-electron chi connectivity index (χ4n) is 3.87. The number of piperidine rings is 1. The molecule has 0 saturated carbocycles. The molecule has 0 bridgehead atoms. The molecule has 3 heterocycles. The molecule has 132 valence electrons. The molecular weight excluding hydrogens is 308 g/mol. The van der Waals surface area contributed by atoms with Crippen molar-refractivity contribution in [2.75, 3.05) is 40.0 Å². The first kappa shape index (κ1) is 17.2. The molecule has 2 aliphatic heterocycles. The van der Waals surface area contributed by atoms with E-state index in [0.29, 0.717) is 37.7 Å². The summed E-state index contributed by atoms with van der Waals surface area (Å²) >= 11 is 0. The fourth-order valence-corrected chi connectivity index (χ4v) is 3.87. The van der Waals surface area contributed by atoms with Crippen LogP contribution in [0.25, 0.3) is 0 Å². The van der Waals surface area contributed by atoms with Crippen molar-refractivity contribution in [1.82, 2.24) is 9.88 Å². The van der Waals surface area contributed by atoms with Gasteiger partial charge < -0.3 is 19.1 Å². The van der Waals surface area contributed by atoms with Crippen molar-refractivity contribution in [1.29, 1.82) is 0 Å². The highest BCUT2D eigenvalue weighted by molar-refractivity contribution is 5.96. The van der Waals surface area contributed by atoms with Gasteiger partial charge in [0.1, 0.15) is 5.56 Å². The number of carbonyl (C=O) groups is 1. The maximum absolute atomic E-state index is 13.0. The third-order valence-corrected chi connectivity index (χ3v) is 5.06. The van der Waals surface area contributed by atoms with Gasteiger partial charge in [0.25, 0.3) is 5.91 Å². The van der Waals surface area contributed by atoms with Gasteiger partial charge in [0.2, 0.25) is 5.88 Å². The second kappa shape index (κ2) is 7.49. The number of fused-ring (bicyclic) bond motifs is 1. The first-order valence-electron chi connectivity index (χ1n) is 8.68. The van der Waals surface area contributed by atoms with Crippen LogP contribution in [0.15, 0.2) is 18.3 Å². The van der Waals surface area contributed by atoms with E-state index < -0.39 is 0 Å². The minimum atomic E-state index is -0.0996. The number of hydrogen-bond acceptors (Lipinski definition) is 5. The molecule has 2 atom stereocenters. The van der Waals surface area contributed by atoms with Gasteiger partial charge in [0.05, 0.1) is 19.8 Å². The van der Waals surface area contributed by atoms with E-state index >= 15 is 0 Å². The summed E-state index contributed by atoms with van der Waals surface area (Å²) in [5.41, 5.74) is 0.416. The van der Waals surface area contributed by atoms with Crippen molar-refractivity contribution in [3.63, 3.8) is 0 Å². The number of aromatic nitrogens is 1. The van der Waals surface area contributed by atoms with Crippen LogP contribution in [0.1, 0.15) is 36.5 Å². The van der Waals surface area contributed by atoms with Gasteiger partial charge in [-0.2, -0.15) is 0 Å². The molecule has 6 nitrogen and oxygen atoms in total. The zero-order chi connectivity index (χ0) is 17.0. The molecule has 0 spiro atoms. The lowest BCUT2D eigenvalue weighted by atomic mass is 9.73. The van der Waals surface area contributed by atoms with Gasteiger partial charge >= 0.3 is 0 Å². The Labute approximate surface area is 143 Å². The molecule has 3 rings (SSSR count). The third kappa shape index (κ3) is 3.26. The van der Waals surface area contributed by atoms with Crippen molar-refractivity contribution < 1.29 is 19.0 Å². The van der Waals surface area contributed by atoms with Crippen molar-refractivity contribution in [3.05, 3.63) is 23.9 Å². The molecule has 1 amide bonds. The minimum Gasteiger partial charge on any atom is -0.480 e. The number of rotatable bonds is 5. The number of hydrogen-bond donors (Lipinski definition) is 0. The van der Waals surface area contributed by atoms with E-state index in [2.05, 4.69) is 4.98 Å². The molecule has 1 aromatic rings. The number of pyridine rings is 1. The normalized spacial score (nSPS) is 26.8. The maximum atomic E-state index is 13.0. The molecule has 0 N–H and O–H groups in total. The largest absolute Gasteiger partial charge is 0.480 e. The first-order valence-corrected chi connectivity index (χ1v) is 8.68. The fraction of sp³-hybridized carbons (Fsp3) is 0.667. The van der Waals surface area contributed by atoms with E-state index in [0.717, 1.165) is 25.9 Å². The zero-order valence-electron chi connectivity index (χ0n) is 14.5. The van der Waals surface area contributed by atoms with Crippen LogP contribution in [-0.4, -0.2) is 61.9 Å². The summed E-state index contributed by atoms with van der Waals surface area (Å²) in [4.78, 5) is 19.0. The summed E-state index contributed by atoms with van der Waals surface area (Å²) < 4.78 is 17.0. The Bertz CT molecular complexity index is 580.